The van der Waals surface area contributed by atoms with E-state index < -0.39 is 0 Å². The Balaban J connectivity index is 1.71. The van der Waals surface area contributed by atoms with E-state index in [1.807, 2.05) is 12.4 Å². The molecular formula is C22H27N3. The van der Waals surface area contributed by atoms with E-state index in [9.17, 15) is 0 Å². The lowest BCUT2D eigenvalue weighted by Gasteiger charge is -2.41. The molecule has 2 N–H and O–H groups in total. The Bertz CT molecular complexity index is 789. The predicted molar refractivity (Wildman–Crippen MR) is 104 cm³/mol. The van der Waals surface area contributed by atoms with Gasteiger partial charge < -0.3 is 10.6 Å². The first-order chi connectivity index (χ1) is 12.1. The van der Waals surface area contributed by atoms with Gasteiger partial charge in [0.25, 0.3) is 0 Å². The number of rotatable bonds is 3. The normalized spacial score (nSPS) is 23.8. The largest absolute Gasteiger partial charge is 0.317 e. The fourth-order valence-electron chi connectivity index (χ4n) is 4.28. The quantitative estimate of drug-likeness (QED) is 0.895. The molecule has 1 saturated heterocycles. The number of nitrogens with zero attached hydrogens (tertiary/aromatic N) is 1. The molecule has 1 aliphatic heterocycles. The zero-order chi connectivity index (χ0) is 17.3. The minimum Gasteiger partial charge on any atom is -0.317 e. The summed E-state index contributed by atoms with van der Waals surface area (Å²) in [6.07, 6.45) is 9.67. The molecule has 2 aliphatic rings. The third-order valence-corrected chi connectivity index (χ3v) is 5.57. The maximum absolute atomic E-state index is 4.42. The number of hydrogen-bond acceptors (Lipinski definition) is 3. The first-order valence-corrected chi connectivity index (χ1v) is 9.35. The van der Waals surface area contributed by atoms with Gasteiger partial charge in [0, 0.05) is 24.0 Å². The molecule has 1 aromatic heterocycles. The lowest BCUT2D eigenvalue weighted by Crippen LogP contribution is -2.50. The van der Waals surface area contributed by atoms with Crippen molar-refractivity contribution >= 4 is 11.6 Å². The smallest absolute Gasteiger partial charge is 0.0470 e. The third-order valence-electron chi connectivity index (χ3n) is 5.57. The van der Waals surface area contributed by atoms with E-state index in [0.717, 1.165) is 19.5 Å². The van der Waals surface area contributed by atoms with Crippen molar-refractivity contribution < 1.29 is 0 Å². The summed E-state index contributed by atoms with van der Waals surface area (Å²) in [7, 11) is 0. The molecule has 1 atom stereocenters. The molecule has 1 aliphatic carbocycles. The summed E-state index contributed by atoms with van der Waals surface area (Å²) >= 11 is 0. The van der Waals surface area contributed by atoms with E-state index in [0.29, 0.717) is 6.04 Å². The van der Waals surface area contributed by atoms with Gasteiger partial charge in [0.05, 0.1) is 0 Å². The number of nitrogens with one attached hydrogen (secondary N) is 2. The Kier molecular flexibility index (Phi) is 4.45. The van der Waals surface area contributed by atoms with Gasteiger partial charge in [-0.2, -0.15) is 0 Å². The van der Waals surface area contributed by atoms with Crippen molar-refractivity contribution in [1.29, 1.82) is 0 Å². The molecule has 1 fully saturated rings. The molecule has 25 heavy (non-hydrogen) atoms. The van der Waals surface area contributed by atoms with Gasteiger partial charge in [-0.15, -0.1) is 0 Å². The summed E-state index contributed by atoms with van der Waals surface area (Å²) in [6.45, 7) is 6.72. The summed E-state index contributed by atoms with van der Waals surface area (Å²) in [5.41, 5.74) is 6.60. The maximum Gasteiger partial charge on any atom is 0.0470 e. The van der Waals surface area contributed by atoms with E-state index >= 15 is 0 Å². The lowest BCUT2D eigenvalue weighted by molar-refractivity contribution is 0.274. The van der Waals surface area contributed by atoms with Gasteiger partial charge in [-0.1, -0.05) is 35.9 Å². The van der Waals surface area contributed by atoms with Crippen LogP contribution in [0.25, 0.3) is 11.6 Å². The van der Waals surface area contributed by atoms with Crippen LogP contribution in [0.15, 0.2) is 42.7 Å². The molecule has 130 valence electrons. The highest BCUT2D eigenvalue weighted by atomic mass is 15.0. The van der Waals surface area contributed by atoms with Crippen LogP contribution in [0.4, 0.5) is 0 Å². The van der Waals surface area contributed by atoms with Crippen LogP contribution in [0.5, 0.6) is 0 Å². The Labute approximate surface area is 150 Å². The van der Waals surface area contributed by atoms with Crippen LogP contribution in [0.1, 0.15) is 48.4 Å². The van der Waals surface area contributed by atoms with Gasteiger partial charge in [-0.25, -0.2) is 0 Å². The summed E-state index contributed by atoms with van der Waals surface area (Å²) < 4.78 is 0. The first-order valence-electron chi connectivity index (χ1n) is 9.35. The van der Waals surface area contributed by atoms with Gasteiger partial charge in [0.2, 0.25) is 0 Å². The predicted octanol–water partition coefficient (Wildman–Crippen LogP) is 3.89. The number of aromatic nitrogens is 1. The van der Waals surface area contributed by atoms with Crippen molar-refractivity contribution in [3.8, 4) is 0 Å². The van der Waals surface area contributed by atoms with Crippen molar-refractivity contribution in [2.45, 2.75) is 44.7 Å². The van der Waals surface area contributed by atoms with Crippen LogP contribution < -0.4 is 10.6 Å². The summed E-state index contributed by atoms with van der Waals surface area (Å²) in [6, 6.07) is 11.6. The summed E-state index contributed by atoms with van der Waals surface area (Å²) in [4.78, 5) is 4.42. The molecule has 0 saturated carbocycles. The second kappa shape index (κ2) is 6.74. The van der Waals surface area contributed by atoms with E-state index in [-0.39, 0.29) is 5.54 Å². The number of aryl methyl sites for hydroxylation is 1. The van der Waals surface area contributed by atoms with Crippen LogP contribution in [0.2, 0.25) is 0 Å². The van der Waals surface area contributed by atoms with Gasteiger partial charge in [0.1, 0.15) is 0 Å². The summed E-state index contributed by atoms with van der Waals surface area (Å²) in [5.74, 6) is 0. The Morgan fingerprint density at radius 2 is 2.04 bits per heavy atom. The molecule has 0 bridgehead atoms. The maximum atomic E-state index is 4.42. The number of pyridine rings is 1. The third kappa shape index (κ3) is 3.39. The van der Waals surface area contributed by atoms with Crippen LogP contribution >= 0.6 is 0 Å². The average molecular weight is 333 g/mol. The Hall–Kier alpha value is -1.97. The monoisotopic (exact) mass is 333 g/mol. The van der Waals surface area contributed by atoms with Gasteiger partial charge in [0.15, 0.2) is 0 Å². The fraction of sp³-hybridized carbons (Fsp3) is 0.409. The highest BCUT2D eigenvalue weighted by molar-refractivity contribution is 5.85. The van der Waals surface area contributed by atoms with Crippen LogP contribution in [0.3, 0.4) is 0 Å². The van der Waals surface area contributed by atoms with Crippen molar-refractivity contribution in [3.63, 3.8) is 0 Å². The zero-order valence-electron chi connectivity index (χ0n) is 15.2. The van der Waals surface area contributed by atoms with Gasteiger partial charge in [-0.3, -0.25) is 4.98 Å². The molecule has 0 amide bonds. The van der Waals surface area contributed by atoms with Crippen molar-refractivity contribution in [3.05, 3.63) is 65.0 Å². The minimum absolute atomic E-state index is 0.0700. The Morgan fingerprint density at radius 1 is 1.20 bits per heavy atom. The highest BCUT2D eigenvalue weighted by Crippen LogP contribution is 2.41. The molecule has 3 nitrogen and oxygen atoms in total. The molecule has 4 rings (SSSR count). The zero-order valence-corrected chi connectivity index (χ0v) is 15.2. The topological polar surface area (TPSA) is 37.0 Å². The molecule has 2 aromatic rings. The van der Waals surface area contributed by atoms with Gasteiger partial charge in [-0.05, 0) is 74.5 Å². The molecule has 3 heteroatoms. The number of piperidine rings is 1. The molecule has 0 spiro atoms. The lowest BCUT2D eigenvalue weighted by atomic mass is 9.76. The van der Waals surface area contributed by atoms with Crippen molar-refractivity contribution in [2.24, 2.45) is 0 Å². The van der Waals surface area contributed by atoms with Crippen LogP contribution in [-0.2, 0) is 5.54 Å². The summed E-state index contributed by atoms with van der Waals surface area (Å²) in [5, 5.41) is 7.44. The van der Waals surface area contributed by atoms with E-state index in [1.54, 1.807) is 0 Å². The molecule has 2 heterocycles. The fourth-order valence-corrected chi connectivity index (χ4v) is 4.28. The highest BCUT2D eigenvalue weighted by Gasteiger charge is 2.35. The Morgan fingerprint density at radius 3 is 2.84 bits per heavy atom. The second-order valence-electron chi connectivity index (χ2n) is 7.68. The molecule has 1 aromatic carbocycles. The number of benzene rings is 1. The van der Waals surface area contributed by atoms with E-state index in [2.05, 4.69) is 65.9 Å². The second-order valence-corrected chi connectivity index (χ2v) is 7.68. The number of fused-ring (bicyclic) bond motifs is 1. The van der Waals surface area contributed by atoms with E-state index in [1.165, 1.54) is 40.7 Å². The van der Waals surface area contributed by atoms with Crippen molar-refractivity contribution in [1.82, 2.24) is 15.6 Å². The minimum atomic E-state index is -0.0700. The molecule has 1 unspecified atom stereocenters. The number of hydrogen-bond donors (Lipinski definition) is 2. The van der Waals surface area contributed by atoms with Crippen LogP contribution in [0, 0.1) is 6.92 Å². The molecular weight excluding hydrogens is 306 g/mol. The average Bonchev–Trinajstić information content (AvgIpc) is 2.62. The van der Waals surface area contributed by atoms with Crippen LogP contribution in [-0.4, -0.2) is 24.1 Å². The van der Waals surface area contributed by atoms with Crippen molar-refractivity contribution in [2.75, 3.05) is 13.1 Å². The van der Waals surface area contributed by atoms with E-state index in [4.69, 9.17) is 0 Å². The first kappa shape index (κ1) is 16.5. The standard InChI is InChI=1S/C22H27N3/c1-16-4-3-5-17(12-16)19-13-18-6-9-24-15-21(18)22(2,14-19)25-20-7-10-23-11-8-20/h3-6,9,12-13,15,20,23,25H,7-8,10-11,14H2,1-2H3. The van der Waals surface area contributed by atoms with Gasteiger partial charge >= 0.3 is 0 Å². The SMILES string of the molecule is Cc1cccc(C2=Cc3ccncc3C(C)(NC3CCNCC3)C2)c1. The molecule has 0 radical (unpaired) electrons.